The summed E-state index contributed by atoms with van der Waals surface area (Å²) in [5.74, 6) is 2.44. The third kappa shape index (κ3) is 9.08. The maximum absolute atomic E-state index is 4.83. The number of rotatable bonds is 5. The Kier molecular flexibility index (Phi) is 14.2. The smallest absolute Gasteiger partial charge is 0.297 e. The molecule has 0 spiro atoms. The monoisotopic (exact) mass is 1450 g/mol. The second-order valence-electron chi connectivity index (χ2n) is 33.3. The molecule has 0 amide bonds. The van der Waals surface area contributed by atoms with Gasteiger partial charge in [0.1, 0.15) is 70.9 Å². The van der Waals surface area contributed by atoms with Crippen molar-refractivity contribution in [2.75, 3.05) is 23.9 Å². The Labute approximate surface area is 644 Å². The summed E-state index contributed by atoms with van der Waals surface area (Å²) in [5, 5.41) is 9.21. The number of pyridine rings is 8. The summed E-state index contributed by atoms with van der Waals surface area (Å²) in [6, 6.07) is 57.2. The van der Waals surface area contributed by atoms with Gasteiger partial charge < -0.3 is 19.6 Å². The molecule has 9 aliphatic rings. The van der Waals surface area contributed by atoms with Gasteiger partial charge >= 0.3 is 0 Å². The molecule has 26 rings (SSSR count). The van der Waals surface area contributed by atoms with Gasteiger partial charge in [-0.2, -0.15) is 4.40 Å². The fourth-order valence-electron chi connectivity index (χ4n) is 20.8. The van der Waals surface area contributed by atoms with Gasteiger partial charge in [0.2, 0.25) is 0 Å². The Morgan fingerprint density at radius 2 is 1.05 bits per heavy atom. The SMILES string of the molecule is CC(C)C1=C2c3ncccc3-c3cccc4c3N2C(C4)N1C.CC(C)c1cccc2c1-c1nccc3c1N1C2=CN(C)C1C3.CC(C)c1cccc2c1c1nccc3c1[n+]1c2c2ccccc2n1C3.CC(C)c1cccc2c1c1nccc3c1c1n2cc[n+]1C3.CC(C)c1cccc2c1c1nccc3c1n1c2cc[n+]1C3. The van der Waals surface area contributed by atoms with Crippen molar-refractivity contribution in [1.29, 1.82) is 0 Å². The van der Waals surface area contributed by atoms with E-state index in [0.29, 0.717) is 41.9 Å². The quantitative estimate of drug-likeness (QED) is 0.123. The summed E-state index contributed by atoms with van der Waals surface area (Å²) in [5.41, 5.74) is 39.4. The topological polar surface area (TPSA) is 103 Å². The number of benzene rings is 6. The highest BCUT2D eigenvalue weighted by molar-refractivity contribution is 6.17. The van der Waals surface area contributed by atoms with Gasteiger partial charge in [-0.15, -0.1) is 13.9 Å². The molecule has 0 radical (unpaired) electrons. The minimum atomic E-state index is 0.415. The van der Waals surface area contributed by atoms with Crippen molar-refractivity contribution in [2.45, 2.75) is 138 Å². The van der Waals surface area contributed by atoms with E-state index >= 15 is 0 Å². The number of para-hydroxylation sites is 2. The van der Waals surface area contributed by atoms with Gasteiger partial charge in [0, 0.05) is 120 Å². The van der Waals surface area contributed by atoms with Crippen LogP contribution in [-0.4, -0.2) is 74.7 Å². The first-order valence-electron chi connectivity index (χ1n) is 39.9. The standard InChI is InChI=1S/C22H18N3.2C19H19N3.2C18H16N3/c1-13(2)15-7-5-8-17-19(15)20-21-14(10-11-23-20)12-24-18-9-4-3-6-16(18)22(17)25(21)24;1-11(2)17-19-16-13(8-5-9-20-16)14-7-4-6-12-10-15(21(17)3)22(19)18(12)14;1-11(2)13-5-4-6-14-15-10-21(3)16-9-12-7-8-20-18(17(13)14)19(12)22(15)16;1-11(2)13-4-3-5-14-15-7-9-20-10-12-6-8-19-17(16(13)14)18(12)21(15)20;1-11(2)13-4-3-5-14-16(13)17-15-12(6-7-19-17)10-20-8-9-21(14)18(15)20/h3-11,13H,12H2,1-2H3;4-9,11,15H,10H2,1-3H3;4-8,10-11,16H,9H2,1-3H3;2*3-9,11H,10H2,1-2H3/q+1;;;2*+1. The van der Waals surface area contributed by atoms with Crippen LogP contribution in [0.4, 0.5) is 11.4 Å². The summed E-state index contributed by atoms with van der Waals surface area (Å²) in [4.78, 5) is 33.7. The van der Waals surface area contributed by atoms with Gasteiger partial charge in [0.25, 0.3) is 16.7 Å². The minimum absolute atomic E-state index is 0.415. The lowest BCUT2D eigenvalue weighted by Crippen LogP contribution is -2.37. The number of anilines is 2. The predicted molar refractivity (Wildman–Crippen MR) is 447 cm³/mol. The highest BCUT2D eigenvalue weighted by atomic mass is 15.4. The Balaban J connectivity index is 0.0000000854. The van der Waals surface area contributed by atoms with Gasteiger partial charge in [-0.1, -0.05) is 171 Å². The van der Waals surface area contributed by atoms with Crippen LogP contribution in [-0.2, 0) is 32.5 Å². The van der Waals surface area contributed by atoms with E-state index in [-0.39, 0.29) is 0 Å². The summed E-state index contributed by atoms with van der Waals surface area (Å²) >= 11 is 0. The van der Waals surface area contributed by atoms with Crippen LogP contribution in [0.25, 0.3) is 127 Å². The molecule has 6 aromatic carbocycles. The molecular formula is C96H88N15+3. The zero-order chi connectivity index (χ0) is 75.0. The average Bonchev–Trinajstić information content (AvgIpc) is 1.56. The first-order valence-corrected chi connectivity index (χ1v) is 39.9. The molecule has 15 heteroatoms. The van der Waals surface area contributed by atoms with Gasteiger partial charge in [-0.05, 0) is 118 Å². The molecule has 17 aromatic rings. The maximum Gasteiger partial charge on any atom is 0.297 e. The highest BCUT2D eigenvalue weighted by Crippen LogP contribution is 2.57. The molecule has 9 aliphatic heterocycles. The Hall–Kier alpha value is -12.4. The third-order valence-corrected chi connectivity index (χ3v) is 25.5. The molecule has 0 bridgehead atoms. The fourth-order valence-corrected chi connectivity index (χ4v) is 20.8. The molecule has 0 fully saturated rings. The summed E-state index contributed by atoms with van der Waals surface area (Å²) in [7, 11) is 4.42. The molecule has 0 aliphatic carbocycles. The van der Waals surface area contributed by atoms with Gasteiger partial charge in [0.05, 0.1) is 72.3 Å². The van der Waals surface area contributed by atoms with Crippen LogP contribution >= 0.6 is 0 Å². The first kappa shape index (κ1) is 65.7. The van der Waals surface area contributed by atoms with Crippen LogP contribution in [0.1, 0.15) is 154 Å². The summed E-state index contributed by atoms with van der Waals surface area (Å²) in [6.45, 7) is 25.5. The Morgan fingerprint density at radius 1 is 0.432 bits per heavy atom. The van der Waals surface area contributed by atoms with E-state index in [4.69, 9.17) is 24.9 Å². The van der Waals surface area contributed by atoms with E-state index in [1.54, 1.807) is 0 Å². The third-order valence-electron chi connectivity index (χ3n) is 25.5. The Morgan fingerprint density at radius 3 is 1.85 bits per heavy atom. The molecule has 2 atom stereocenters. The van der Waals surface area contributed by atoms with Crippen molar-refractivity contribution < 1.29 is 13.8 Å². The first-order chi connectivity index (χ1) is 54.1. The van der Waals surface area contributed by atoms with Crippen LogP contribution in [0.3, 0.4) is 0 Å². The van der Waals surface area contributed by atoms with Crippen LogP contribution in [0.5, 0.6) is 0 Å². The van der Waals surface area contributed by atoms with Crippen molar-refractivity contribution in [3.8, 4) is 22.4 Å². The molecule has 0 saturated carbocycles. The van der Waals surface area contributed by atoms with Crippen molar-refractivity contribution in [1.82, 2.24) is 48.3 Å². The molecule has 544 valence electrons. The normalized spacial score (nSPS) is 16.3. The lowest BCUT2D eigenvalue weighted by Gasteiger charge is -2.32. The largest absolute Gasteiger partial charge is 0.358 e. The second-order valence-corrected chi connectivity index (χ2v) is 33.3. The van der Waals surface area contributed by atoms with Crippen LogP contribution in [0.15, 0.2) is 219 Å². The highest BCUT2D eigenvalue weighted by Gasteiger charge is 2.49. The minimum Gasteiger partial charge on any atom is -0.358 e. The van der Waals surface area contributed by atoms with Crippen molar-refractivity contribution >= 4 is 116 Å². The van der Waals surface area contributed by atoms with E-state index in [1.165, 1.54) is 183 Å². The molecule has 2 unspecified atom stereocenters. The lowest BCUT2D eigenvalue weighted by atomic mass is 9.86. The van der Waals surface area contributed by atoms with Crippen molar-refractivity contribution in [3.05, 3.63) is 281 Å². The molecule has 0 saturated heterocycles. The fraction of sp³-hybridized carbons (Fsp3) is 0.250. The number of fused-ring (bicyclic) bond motifs is 18. The number of nitrogens with zero attached hydrogens (tertiary/aromatic N) is 15. The number of hydrogen-bond acceptors (Lipinski definition) is 9. The number of allylic oxidation sites excluding steroid dienone is 1. The summed E-state index contributed by atoms with van der Waals surface area (Å²) in [6.07, 6.45) is 21.6. The van der Waals surface area contributed by atoms with E-state index in [0.717, 1.165) is 54.7 Å². The van der Waals surface area contributed by atoms with E-state index < -0.39 is 0 Å². The van der Waals surface area contributed by atoms with Crippen molar-refractivity contribution in [3.63, 3.8) is 0 Å². The zero-order valence-corrected chi connectivity index (χ0v) is 65.0. The van der Waals surface area contributed by atoms with Crippen LogP contribution < -0.4 is 23.6 Å². The number of aromatic nitrogens is 11. The number of likely N-dealkylation sites (N-methyl/N-ethyl adjacent to an activating group) is 2. The van der Waals surface area contributed by atoms with Crippen molar-refractivity contribution in [2.24, 2.45) is 5.92 Å². The van der Waals surface area contributed by atoms with E-state index in [1.807, 2.05) is 31.0 Å². The van der Waals surface area contributed by atoms with Crippen LogP contribution in [0.2, 0.25) is 0 Å². The number of imidazole rings is 1. The molecule has 15 nitrogen and oxygen atoms in total. The molecular weight excluding hydrogens is 1360 g/mol. The molecule has 111 heavy (non-hydrogen) atoms. The van der Waals surface area contributed by atoms with Crippen LogP contribution in [0, 0.1) is 5.92 Å². The maximum atomic E-state index is 4.83. The molecule has 11 aromatic heterocycles. The molecule has 20 heterocycles. The Bertz CT molecular complexity index is 6850. The van der Waals surface area contributed by atoms with Gasteiger partial charge in [-0.25, -0.2) is 9.55 Å². The van der Waals surface area contributed by atoms with E-state index in [2.05, 4.69) is 313 Å². The van der Waals surface area contributed by atoms with Gasteiger partial charge in [0.15, 0.2) is 12.7 Å². The molecule has 0 N–H and O–H groups in total. The lowest BCUT2D eigenvalue weighted by molar-refractivity contribution is -0.744. The number of hydrogen-bond donors (Lipinski definition) is 0. The zero-order valence-electron chi connectivity index (χ0n) is 65.0. The second kappa shape index (κ2) is 24.1. The summed E-state index contributed by atoms with van der Waals surface area (Å²) < 4.78 is 14.0. The van der Waals surface area contributed by atoms with Gasteiger partial charge in [-0.3, -0.25) is 19.9 Å². The average molecular weight is 1450 g/mol. The predicted octanol–water partition coefficient (Wildman–Crippen LogP) is 18.9. The van der Waals surface area contributed by atoms with E-state index in [9.17, 15) is 0 Å².